The maximum atomic E-state index is 12.9. The minimum absolute atomic E-state index is 0.174. The molecule has 1 aliphatic heterocycles. The Morgan fingerprint density at radius 1 is 0.423 bits per heavy atom. The highest BCUT2D eigenvalue weighted by atomic mass is 32.2. The number of rotatable bonds is 53. The van der Waals surface area contributed by atoms with Crippen LogP contribution in [-0.2, 0) is 38.7 Å². The van der Waals surface area contributed by atoms with Gasteiger partial charge in [0.2, 0.25) is 0 Å². The minimum Gasteiger partial charge on any atom is -0.462 e. The maximum absolute atomic E-state index is 12.9. The molecule has 0 radical (unpaired) electrons. The number of hydrogen-bond acceptors (Lipinski definition) is 11. The Morgan fingerprint density at radius 2 is 0.718 bits per heavy atom. The van der Waals surface area contributed by atoms with Crippen LogP contribution in [0.5, 0.6) is 0 Å². The SMILES string of the molecule is CCCCCCCCCCCCCCCCCCCCCCCCC(=O)OC(COC(=O)CCCCCCCCCCCCCCCCCCCCCCC)COC1OC(CS(=O)(=O)O)C(O)C(O)C1O. The second kappa shape index (κ2) is 48.3. The van der Waals surface area contributed by atoms with E-state index in [1.807, 2.05) is 0 Å². The molecular formula is C58H112O12S. The van der Waals surface area contributed by atoms with E-state index in [1.165, 1.54) is 225 Å². The van der Waals surface area contributed by atoms with Gasteiger partial charge >= 0.3 is 11.9 Å². The van der Waals surface area contributed by atoms with Crippen molar-refractivity contribution in [2.75, 3.05) is 19.0 Å². The van der Waals surface area contributed by atoms with E-state index < -0.39 is 71.2 Å². The Kier molecular flexibility index (Phi) is 46.0. The number of hydrogen-bond donors (Lipinski definition) is 4. The molecule has 71 heavy (non-hydrogen) atoms. The third-order valence-corrected chi connectivity index (χ3v) is 15.2. The standard InChI is InChI=1S/C58H112O12S/c1-3-5-7-9-11-13-15-17-19-21-23-25-27-29-31-33-35-37-39-41-43-45-47-54(60)69-51(49-68-58-57(63)56(62)55(61)52(70-58)50-71(64,65)66)48-67-53(59)46-44-42-40-38-36-34-32-30-28-26-24-22-20-18-16-14-12-10-8-6-4-2/h51-52,55-58,61-63H,3-50H2,1-2H3,(H,64,65,66). The third kappa shape index (κ3) is 42.6. The van der Waals surface area contributed by atoms with Gasteiger partial charge < -0.3 is 34.3 Å². The van der Waals surface area contributed by atoms with Crippen molar-refractivity contribution in [3.8, 4) is 0 Å². The van der Waals surface area contributed by atoms with Crippen LogP contribution in [0, 0.1) is 0 Å². The number of unbranched alkanes of at least 4 members (excludes halogenated alkanes) is 41. The molecule has 1 fully saturated rings. The zero-order chi connectivity index (χ0) is 51.9. The Labute approximate surface area is 435 Å². The average Bonchev–Trinajstić information content (AvgIpc) is 3.34. The van der Waals surface area contributed by atoms with E-state index in [-0.39, 0.29) is 19.4 Å². The lowest BCUT2D eigenvalue weighted by molar-refractivity contribution is -0.297. The van der Waals surface area contributed by atoms with Crippen LogP contribution in [0.3, 0.4) is 0 Å². The van der Waals surface area contributed by atoms with E-state index in [2.05, 4.69) is 13.8 Å². The van der Waals surface area contributed by atoms with Gasteiger partial charge in [-0.05, 0) is 12.8 Å². The van der Waals surface area contributed by atoms with Crippen LogP contribution in [0.1, 0.15) is 303 Å². The lowest BCUT2D eigenvalue weighted by Gasteiger charge is -2.40. The molecule has 6 unspecified atom stereocenters. The summed E-state index contributed by atoms with van der Waals surface area (Å²) in [7, 11) is -4.60. The van der Waals surface area contributed by atoms with Gasteiger partial charge in [0.05, 0.1) is 6.61 Å². The second-order valence-corrected chi connectivity index (χ2v) is 22.9. The maximum Gasteiger partial charge on any atom is 0.306 e. The smallest absolute Gasteiger partial charge is 0.306 e. The molecule has 6 atom stereocenters. The molecule has 0 spiro atoms. The molecule has 1 saturated heterocycles. The quantitative estimate of drug-likeness (QED) is 0.0257. The summed E-state index contributed by atoms with van der Waals surface area (Å²) >= 11 is 0. The van der Waals surface area contributed by atoms with Crippen molar-refractivity contribution < 1.29 is 56.8 Å². The highest BCUT2D eigenvalue weighted by molar-refractivity contribution is 7.85. The van der Waals surface area contributed by atoms with Crippen molar-refractivity contribution in [2.45, 2.75) is 340 Å². The average molecular weight is 1030 g/mol. The number of aliphatic hydroxyl groups is 3. The molecule has 0 saturated carbocycles. The number of carbonyl (C=O) groups excluding carboxylic acids is 2. The second-order valence-electron chi connectivity index (χ2n) is 21.4. The van der Waals surface area contributed by atoms with Gasteiger partial charge in [0.25, 0.3) is 10.1 Å². The minimum atomic E-state index is -4.60. The molecule has 0 bridgehead atoms. The molecule has 12 nitrogen and oxygen atoms in total. The molecule has 1 aliphatic rings. The molecule has 422 valence electrons. The predicted molar refractivity (Wildman–Crippen MR) is 289 cm³/mol. The van der Waals surface area contributed by atoms with E-state index in [0.29, 0.717) is 12.8 Å². The van der Waals surface area contributed by atoms with Gasteiger partial charge in [0.15, 0.2) is 12.4 Å². The predicted octanol–water partition coefficient (Wildman–Crippen LogP) is 14.7. The van der Waals surface area contributed by atoms with Crippen LogP contribution in [0.25, 0.3) is 0 Å². The fraction of sp³-hybridized carbons (Fsp3) is 0.966. The van der Waals surface area contributed by atoms with Gasteiger partial charge in [-0.15, -0.1) is 0 Å². The molecule has 0 aromatic heterocycles. The normalized spacial score (nSPS) is 18.8. The molecular weight excluding hydrogens is 921 g/mol. The number of aliphatic hydroxyl groups excluding tert-OH is 3. The lowest BCUT2D eigenvalue weighted by atomic mass is 10.00. The summed E-state index contributed by atoms with van der Waals surface area (Å²) in [5, 5.41) is 31.1. The molecule has 1 heterocycles. The molecule has 1 rings (SSSR count). The van der Waals surface area contributed by atoms with Crippen molar-refractivity contribution in [1.29, 1.82) is 0 Å². The number of esters is 2. The summed E-state index contributed by atoms with van der Waals surface area (Å²) in [6, 6.07) is 0. The Bertz CT molecular complexity index is 1300. The summed E-state index contributed by atoms with van der Waals surface area (Å²) < 4.78 is 54.5. The van der Waals surface area contributed by atoms with Gasteiger partial charge in [0, 0.05) is 12.8 Å². The van der Waals surface area contributed by atoms with Crippen molar-refractivity contribution in [2.24, 2.45) is 0 Å². The van der Waals surface area contributed by atoms with Gasteiger partial charge in [0.1, 0.15) is 36.8 Å². The first kappa shape index (κ1) is 67.7. The summed E-state index contributed by atoms with van der Waals surface area (Å²) in [6.07, 6.45) is 45.8. The van der Waals surface area contributed by atoms with E-state index in [1.54, 1.807) is 0 Å². The lowest BCUT2D eigenvalue weighted by Crippen LogP contribution is -2.60. The number of carbonyl (C=O) groups is 2. The summed E-state index contributed by atoms with van der Waals surface area (Å²) in [5.41, 5.74) is 0. The summed E-state index contributed by atoms with van der Waals surface area (Å²) in [4.78, 5) is 25.6. The van der Waals surface area contributed by atoms with Crippen molar-refractivity contribution in [3.63, 3.8) is 0 Å². The van der Waals surface area contributed by atoms with E-state index in [0.717, 1.165) is 38.5 Å². The molecule has 0 aliphatic carbocycles. The first-order chi connectivity index (χ1) is 34.5. The number of ether oxygens (including phenoxy) is 4. The topological polar surface area (TPSA) is 186 Å². The zero-order valence-electron chi connectivity index (χ0n) is 45.9. The van der Waals surface area contributed by atoms with Crippen LogP contribution in [0.2, 0.25) is 0 Å². The first-order valence-electron chi connectivity index (χ1n) is 30.1. The van der Waals surface area contributed by atoms with Gasteiger partial charge in [-0.1, -0.05) is 277 Å². The molecule has 13 heteroatoms. The van der Waals surface area contributed by atoms with Crippen molar-refractivity contribution in [3.05, 3.63) is 0 Å². The Balaban J connectivity index is 2.27. The van der Waals surface area contributed by atoms with Crippen LogP contribution in [0.4, 0.5) is 0 Å². The van der Waals surface area contributed by atoms with Crippen LogP contribution >= 0.6 is 0 Å². The van der Waals surface area contributed by atoms with Crippen LogP contribution < -0.4 is 0 Å². The zero-order valence-corrected chi connectivity index (χ0v) is 46.7. The molecule has 0 aromatic carbocycles. The van der Waals surface area contributed by atoms with Crippen molar-refractivity contribution in [1.82, 2.24) is 0 Å². The summed E-state index contributed by atoms with van der Waals surface area (Å²) in [5.74, 6) is -1.95. The molecule has 0 amide bonds. The summed E-state index contributed by atoms with van der Waals surface area (Å²) in [6.45, 7) is 3.85. The molecule has 4 N–H and O–H groups in total. The highest BCUT2D eigenvalue weighted by Gasteiger charge is 2.46. The van der Waals surface area contributed by atoms with E-state index in [4.69, 9.17) is 18.9 Å². The van der Waals surface area contributed by atoms with Gasteiger partial charge in [-0.25, -0.2) is 0 Å². The fourth-order valence-corrected chi connectivity index (χ4v) is 10.5. The molecule has 0 aromatic rings. The van der Waals surface area contributed by atoms with Crippen LogP contribution in [0.15, 0.2) is 0 Å². The van der Waals surface area contributed by atoms with E-state index >= 15 is 0 Å². The highest BCUT2D eigenvalue weighted by Crippen LogP contribution is 2.24. The Morgan fingerprint density at radius 3 is 1.03 bits per heavy atom. The largest absolute Gasteiger partial charge is 0.462 e. The first-order valence-corrected chi connectivity index (χ1v) is 31.7. The van der Waals surface area contributed by atoms with Gasteiger partial charge in [-0.2, -0.15) is 8.42 Å². The van der Waals surface area contributed by atoms with E-state index in [9.17, 15) is 37.9 Å². The van der Waals surface area contributed by atoms with Gasteiger partial charge in [-0.3, -0.25) is 14.1 Å². The Hall–Kier alpha value is -1.35. The third-order valence-electron chi connectivity index (χ3n) is 14.4. The van der Waals surface area contributed by atoms with Crippen LogP contribution in [-0.4, -0.2) is 96.0 Å². The monoisotopic (exact) mass is 1030 g/mol. The fourth-order valence-electron chi connectivity index (χ4n) is 9.80. The van der Waals surface area contributed by atoms with Crippen molar-refractivity contribution >= 4 is 22.1 Å².